The summed E-state index contributed by atoms with van der Waals surface area (Å²) in [6.07, 6.45) is 3.41. The summed E-state index contributed by atoms with van der Waals surface area (Å²) in [7, 11) is 0. The van der Waals surface area contributed by atoms with Crippen LogP contribution in [-0.4, -0.2) is 41.9 Å². The van der Waals surface area contributed by atoms with E-state index in [-0.39, 0.29) is 16.5 Å². The number of nitro benzene ring substituents is 1. The van der Waals surface area contributed by atoms with Crippen molar-refractivity contribution < 1.29 is 9.72 Å². The Bertz CT molecular complexity index is 750. The summed E-state index contributed by atoms with van der Waals surface area (Å²) < 4.78 is 0. The number of hydrogen-bond acceptors (Lipinski definition) is 5. The molecule has 1 amide bonds. The van der Waals surface area contributed by atoms with E-state index in [1.54, 1.807) is 40.5 Å². The van der Waals surface area contributed by atoms with E-state index in [0.717, 1.165) is 4.88 Å². The summed E-state index contributed by atoms with van der Waals surface area (Å²) in [4.78, 5) is 27.8. The minimum Gasteiger partial charge on any atom is -0.362 e. The molecule has 3 rings (SSSR count). The van der Waals surface area contributed by atoms with E-state index in [2.05, 4.69) is 0 Å². The van der Waals surface area contributed by atoms with E-state index >= 15 is 0 Å². The largest absolute Gasteiger partial charge is 0.362 e. The van der Waals surface area contributed by atoms with Crippen LogP contribution in [-0.2, 0) is 4.79 Å². The molecule has 0 radical (unpaired) electrons. The minimum absolute atomic E-state index is 0.0226. The summed E-state index contributed by atoms with van der Waals surface area (Å²) in [6, 6.07) is 10.6. The normalized spacial score (nSPS) is 15.0. The molecule has 0 aliphatic carbocycles. The maximum atomic E-state index is 12.2. The summed E-state index contributed by atoms with van der Waals surface area (Å²) in [5.74, 6) is -0.0226. The number of rotatable bonds is 4. The fourth-order valence-electron chi connectivity index (χ4n) is 2.70. The zero-order valence-electron chi connectivity index (χ0n) is 13.0. The maximum Gasteiger partial charge on any atom is 0.292 e. The van der Waals surface area contributed by atoms with Crippen LogP contribution < -0.4 is 4.90 Å². The zero-order valence-corrected chi connectivity index (χ0v) is 13.8. The average molecular weight is 343 g/mol. The molecule has 0 N–H and O–H groups in total. The van der Waals surface area contributed by atoms with E-state index in [4.69, 9.17) is 0 Å². The molecule has 0 saturated carbocycles. The highest BCUT2D eigenvalue weighted by Crippen LogP contribution is 2.28. The lowest BCUT2D eigenvalue weighted by atomic mass is 10.2. The van der Waals surface area contributed by atoms with Gasteiger partial charge >= 0.3 is 0 Å². The summed E-state index contributed by atoms with van der Waals surface area (Å²) in [5.41, 5.74) is 0.721. The number of benzene rings is 1. The fourth-order valence-corrected chi connectivity index (χ4v) is 3.32. The van der Waals surface area contributed by atoms with Crippen LogP contribution in [0.25, 0.3) is 6.08 Å². The van der Waals surface area contributed by atoms with Crippen LogP contribution in [0, 0.1) is 10.1 Å². The first-order valence-corrected chi connectivity index (χ1v) is 8.52. The fraction of sp³-hybridized carbons (Fsp3) is 0.235. The number of para-hydroxylation sites is 2. The molecule has 0 bridgehead atoms. The topological polar surface area (TPSA) is 66.7 Å². The molecule has 124 valence electrons. The number of piperazine rings is 1. The van der Waals surface area contributed by atoms with Crippen LogP contribution in [0.4, 0.5) is 11.4 Å². The quantitative estimate of drug-likeness (QED) is 0.486. The van der Waals surface area contributed by atoms with Crippen molar-refractivity contribution in [2.24, 2.45) is 0 Å². The third-order valence-corrected chi connectivity index (χ3v) is 4.78. The van der Waals surface area contributed by atoms with Gasteiger partial charge in [0.2, 0.25) is 5.91 Å². The number of anilines is 1. The van der Waals surface area contributed by atoms with Gasteiger partial charge in [0.25, 0.3) is 5.69 Å². The Kier molecular flexibility index (Phi) is 4.90. The van der Waals surface area contributed by atoms with Crippen LogP contribution in [0.15, 0.2) is 47.9 Å². The Labute approximate surface area is 143 Å². The highest BCUT2D eigenvalue weighted by Gasteiger charge is 2.24. The molecule has 1 aliphatic rings. The Morgan fingerprint density at radius 2 is 1.88 bits per heavy atom. The van der Waals surface area contributed by atoms with Gasteiger partial charge in [0.05, 0.1) is 4.92 Å². The van der Waals surface area contributed by atoms with Crippen LogP contribution in [0.5, 0.6) is 0 Å². The van der Waals surface area contributed by atoms with Crippen LogP contribution >= 0.6 is 11.3 Å². The maximum absolute atomic E-state index is 12.2. The number of nitrogens with zero attached hydrogens (tertiary/aromatic N) is 3. The van der Waals surface area contributed by atoms with Crippen LogP contribution in [0.1, 0.15) is 4.88 Å². The molecule has 1 aromatic heterocycles. The summed E-state index contributed by atoms with van der Waals surface area (Å²) >= 11 is 1.58. The molecule has 2 aromatic rings. The van der Waals surface area contributed by atoms with Crippen molar-refractivity contribution in [1.29, 1.82) is 0 Å². The lowest BCUT2D eigenvalue weighted by Gasteiger charge is -2.35. The van der Waals surface area contributed by atoms with Crippen molar-refractivity contribution in [2.75, 3.05) is 31.1 Å². The molecule has 0 atom stereocenters. The Morgan fingerprint density at radius 1 is 1.12 bits per heavy atom. The molecule has 6 nitrogen and oxygen atoms in total. The molecule has 24 heavy (non-hydrogen) atoms. The average Bonchev–Trinajstić information content (AvgIpc) is 3.13. The molecule has 0 unspecified atom stereocenters. The predicted octanol–water partition coefficient (Wildman–Crippen LogP) is 3.02. The molecular weight excluding hydrogens is 326 g/mol. The molecule has 2 heterocycles. The smallest absolute Gasteiger partial charge is 0.292 e. The second-order valence-electron chi connectivity index (χ2n) is 5.41. The first-order valence-electron chi connectivity index (χ1n) is 7.64. The van der Waals surface area contributed by atoms with Gasteiger partial charge in [0.1, 0.15) is 5.69 Å². The molecule has 1 aliphatic heterocycles. The third kappa shape index (κ3) is 3.62. The SMILES string of the molecule is O=C(C=Cc1cccs1)N1CCN(c2ccccc2[N+](=O)[O-])CC1. The van der Waals surface area contributed by atoms with Crippen LogP contribution in [0.2, 0.25) is 0 Å². The first-order chi connectivity index (χ1) is 11.6. The lowest BCUT2D eigenvalue weighted by molar-refractivity contribution is -0.384. The highest BCUT2D eigenvalue weighted by atomic mass is 32.1. The number of amides is 1. The van der Waals surface area contributed by atoms with Crippen molar-refractivity contribution in [3.8, 4) is 0 Å². The van der Waals surface area contributed by atoms with E-state index < -0.39 is 0 Å². The minimum atomic E-state index is -0.364. The van der Waals surface area contributed by atoms with Gasteiger partial charge in [0, 0.05) is 43.2 Å². The van der Waals surface area contributed by atoms with E-state index in [1.165, 1.54) is 6.07 Å². The van der Waals surface area contributed by atoms with Gasteiger partial charge in [-0.2, -0.15) is 0 Å². The molecular formula is C17H17N3O3S. The van der Waals surface area contributed by atoms with Gasteiger partial charge < -0.3 is 9.80 Å². The molecule has 1 saturated heterocycles. The molecule has 1 aromatic carbocycles. The molecule has 7 heteroatoms. The van der Waals surface area contributed by atoms with E-state index in [1.807, 2.05) is 28.5 Å². The van der Waals surface area contributed by atoms with Gasteiger partial charge in [-0.05, 0) is 23.6 Å². The Hall–Kier alpha value is -2.67. The van der Waals surface area contributed by atoms with Gasteiger partial charge in [-0.25, -0.2) is 0 Å². The predicted molar refractivity (Wildman–Crippen MR) is 95.2 cm³/mol. The van der Waals surface area contributed by atoms with E-state index in [0.29, 0.717) is 31.9 Å². The summed E-state index contributed by atoms with van der Waals surface area (Å²) in [6.45, 7) is 2.28. The van der Waals surface area contributed by atoms with Crippen LogP contribution in [0.3, 0.4) is 0 Å². The number of thiophene rings is 1. The lowest BCUT2D eigenvalue weighted by Crippen LogP contribution is -2.48. The van der Waals surface area contributed by atoms with Crippen molar-refractivity contribution in [3.63, 3.8) is 0 Å². The van der Waals surface area contributed by atoms with Gasteiger partial charge in [0.15, 0.2) is 0 Å². The summed E-state index contributed by atoms with van der Waals surface area (Å²) in [5, 5.41) is 13.1. The van der Waals surface area contributed by atoms with Gasteiger partial charge in [-0.3, -0.25) is 14.9 Å². The standard InChI is InChI=1S/C17H17N3O3S/c21-17(8-7-14-4-3-13-24-14)19-11-9-18(10-12-19)15-5-1-2-6-16(15)20(22)23/h1-8,13H,9-12H2. The van der Waals surface area contributed by atoms with Crippen molar-refractivity contribution in [3.05, 3.63) is 62.8 Å². The number of hydrogen-bond donors (Lipinski definition) is 0. The molecule has 1 fully saturated rings. The number of nitro groups is 1. The highest BCUT2D eigenvalue weighted by molar-refractivity contribution is 7.10. The van der Waals surface area contributed by atoms with Crippen molar-refractivity contribution in [2.45, 2.75) is 0 Å². The zero-order chi connectivity index (χ0) is 16.9. The first kappa shape index (κ1) is 16.2. The van der Waals surface area contributed by atoms with Crippen molar-refractivity contribution in [1.82, 2.24) is 4.90 Å². The monoisotopic (exact) mass is 343 g/mol. The van der Waals surface area contributed by atoms with Gasteiger partial charge in [-0.1, -0.05) is 18.2 Å². The Morgan fingerprint density at radius 3 is 2.54 bits per heavy atom. The third-order valence-electron chi connectivity index (χ3n) is 3.94. The second kappa shape index (κ2) is 7.27. The van der Waals surface area contributed by atoms with Gasteiger partial charge in [-0.15, -0.1) is 11.3 Å². The molecule has 0 spiro atoms. The number of carbonyl (C=O) groups excluding carboxylic acids is 1. The number of carbonyl (C=O) groups is 1. The second-order valence-corrected chi connectivity index (χ2v) is 6.39. The van der Waals surface area contributed by atoms with Crippen molar-refractivity contribution >= 4 is 34.7 Å². The van der Waals surface area contributed by atoms with E-state index in [9.17, 15) is 14.9 Å². The Balaban J connectivity index is 1.62.